The van der Waals surface area contributed by atoms with Crippen molar-refractivity contribution in [3.8, 4) is 5.75 Å². The summed E-state index contributed by atoms with van der Waals surface area (Å²) in [5.41, 5.74) is 2.11. The topological polar surface area (TPSA) is 38.3 Å². The average molecular weight is 221 g/mol. The summed E-state index contributed by atoms with van der Waals surface area (Å²) in [6.07, 6.45) is 0. The summed E-state index contributed by atoms with van der Waals surface area (Å²) in [5, 5.41) is 2.79. The van der Waals surface area contributed by atoms with Crippen molar-refractivity contribution in [1.29, 1.82) is 0 Å². The molecule has 3 heteroatoms. The van der Waals surface area contributed by atoms with Gasteiger partial charge in [-0.25, -0.2) is 0 Å². The molecule has 0 saturated carbocycles. The molecule has 1 rings (SSSR count). The van der Waals surface area contributed by atoms with Crippen LogP contribution in [-0.4, -0.2) is 18.6 Å². The third kappa shape index (κ3) is 3.57. The van der Waals surface area contributed by atoms with Gasteiger partial charge in [-0.3, -0.25) is 4.79 Å². The van der Waals surface area contributed by atoms with E-state index in [2.05, 4.69) is 5.32 Å². The van der Waals surface area contributed by atoms with E-state index in [4.69, 9.17) is 4.74 Å². The second kappa shape index (κ2) is 5.54. The summed E-state index contributed by atoms with van der Waals surface area (Å²) >= 11 is 0. The summed E-state index contributed by atoms with van der Waals surface area (Å²) in [5.74, 6) is 0.721. The Hall–Kier alpha value is -1.51. The van der Waals surface area contributed by atoms with Crippen LogP contribution in [0.25, 0.3) is 0 Å². The summed E-state index contributed by atoms with van der Waals surface area (Å²) in [7, 11) is 0. The van der Waals surface area contributed by atoms with Crippen molar-refractivity contribution in [1.82, 2.24) is 5.32 Å². The number of hydrogen-bond donors (Lipinski definition) is 1. The lowest BCUT2D eigenvalue weighted by molar-refractivity contribution is -0.123. The Morgan fingerprint density at radius 3 is 2.38 bits per heavy atom. The third-order valence-electron chi connectivity index (χ3n) is 2.21. The van der Waals surface area contributed by atoms with E-state index in [0.29, 0.717) is 0 Å². The van der Waals surface area contributed by atoms with Crippen LogP contribution in [-0.2, 0) is 4.79 Å². The van der Waals surface area contributed by atoms with E-state index in [1.54, 1.807) is 0 Å². The zero-order valence-electron chi connectivity index (χ0n) is 10.3. The molecule has 0 heterocycles. The van der Waals surface area contributed by atoms with E-state index in [0.717, 1.165) is 16.9 Å². The van der Waals surface area contributed by atoms with Gasteiger partial charge in [0.05, 0.1) is 0 Å². The Kier molecular flexibility index (Phi) is 4.35. The predicted molar refractivity (Wildman–Crippen MR) is 64.7 cm³/mol. The predicted octanol–water partition coefficient (Wildman–Crippen LogP) is 2.21. The molecule has 0 saturated heterocycles. The summed E-state index contributed by atoms with van der Waals surface area (Å²) in [4.78, 5) is 11.4. The molecule has 0 aliphatic heterocycles. The van der Waals surface area contributed by atoms with Crippen molar-refractivity contribution in [2.24, 2.45) is 0 Å². The van der Waals surface area contributed by atoms with Crippen molar-refractivity contribution in [3.05, 3.63) is 29.3 Å². The van der Waals surface area contributed by atoms with Crippen LogP contribution in [0.4, 0.5) is 0 Å². The molecule has 3 nitrogen and oxygen atoms in total. The molecule has 0 aliphatic carbocycles. The van der Waals surface area contributed by atoms with Gasteiger partial charge in [0.2, 0.25) is 0 Å². The number of rotatable bonds is 4. The van der Waals surface area contributed by atoms with Crippen molar-refractivity contribution in [3.63, 3.8) is 0 Å². The van der Waals surface area contributed by atoms with E-state index in [9.17, 15) is 4.79 Å². The Balaban J connectivity index is 2.58. The Morgan fingerprint density at radius 2 is 1.88 bits per heavy atom. The highest BCUT2D eigenvalue weighted by atomic mass is 16.5. The monoisotopic (exact) mass is 221 g/mol. The van der Waals surface area contributed by atoms with Crippen LogP contribution < -0.4 is 10.1 Å². The van der Waals surface area contributed by atoms with Gasteiger partial charge in [-0.1, -0.05) is 18.2 Å². The molecule has 1 amide bonds. The number of ether oxygens (including phenoxy) is 1. The minimum atomic E-state index is -0.0855. The molecule has 0 unspecified atom stereocenters. The number of amides is 1. The molecule has 16 heavy (non-hydrogen) atoms. The Labute approximate surface area is 96.8 Å². The van der Waals surface area contributed by atoms with E-state index >= 15 is 0 Å². The first-order valence-electron chi connectivity index (χ1n) is 5.49. The minimum absolute atomic E-state index is 0.0733. The summed E-state index contributed by atoms with van der Waals surface area (Å²) in [6.45, 7) is 7.88. The smallest absolute Gasteiger partial charge is 0.258 e. The Morgan fingerprint density at radius 1 is 1.31 bits per heavy atom. The van der Waals surface area contributed by atoms with Gasteiger partial charge < -0.3 is 10.1 Å². The molecule has 1 aromatic rings. The van der Waals surface area contributed by atoms with Gasteiger partial charge in [0.25, 0.3) is 5.91 Å². The van der Waals surface area contributed by atoms with Crippen molar-refractivity contribution in [2.75, 3.05) is 6.61 Å². The second-order valence-corrected chi connectivity index (χ2v) is 4.23. The maximum Gasteiger partial charge on any atom is 0.258 e. The maximum atomic E-state index is 11.4. The van der Waals surface area contributed by atoms with Gasteiger partial charge in [-0.2, -0.15) is 0 Å². The van der Waals surface area contributed by atoms with Crippen LogP contribution >= 0.6 is 0 Å². The maximum absolute atomic E-state index is 11.4. The van der Waals surface area contributed by atoms with E-state index in [1.807, 2.05) is 45.9 Å². The lowest BCUT2D eigenvalue weighted by Gasteiger charge is -2.13. The fourth-order valence-electron chi connectivity index (χ4n) is 1.53. The number of carbonyl (C=O) groups is 1. The normalized spacial score (nSPS) is 10.3. The minimum Gasteiger partial charge on any atom is -0.483 e. The van der Waals surface area contributed by atoms with Crippen LogP contribution in [0.15, 0.2) is 18.2 Å². The molecule has 0 aliphatic rings. The van der Waals surface area contributed by atoms with Crippen molar-refractivity contribution >= 4 is 5.91 Å². The number of carbonyl (C=O) groups excluding carboxylic acids is 1. The van der Waals surface area contributed by atoms with Crippen molar-refractivity contribution < 1.29 is 9.53 Å². The molecule has 0 aromatic heterocycles. The SMILES string of the molecule is Cc1cccc(C)c1OCC(=O)NC(C)C. The zero-order valence-corrected chi connectivity index (χ0v) is 10.3. The fraction of sp³-hybridized carbons (Fsp3) is 0.462. The quantitative estimate of drug-likeness (QED) is 0.846. The molecule has 0 atom stereocenters. The second-order valence-electron chi connectivity index (χ2n) is 4.23. The molecule has 88 valence electrons. The number of nitrogens with one attached hydrogen (secondary N) is 1. The molecule has 0 bridgehead atoms. The van der Waals surface area contributed by atoms with Crippen LogP contribution in [0.3, 0.4) is 0 Å². The van der Waals surface area contributed by atoms with E-state index in [-0.39, 0.29) is 18.6 Å². The van der Waals surface area contributed by atoms with E-state index < -0.39 is 0 Å². The summed E-state index contributed by atoms with van der Waals surface area (Å²) < 4.78 is 5.52. The first-order chi connectivity index (χ1) is 7.50. The first-order valence-corrected chi connectivity index (χ1v) is 5.49. The van der Waals surface area contributed by atoms with Crippen molar-refractivity contribution in [2.45, 2.75) is 33.7 Å². The van der Waals surface area contributed by atoms with Gasteiger partial charge in [-0.15, -0.1) is 0 Å². The molecule has 1 N–H and O–H groups in total. The number of para-hydroxylation sites is 1. The van der Waals surface area contributed by atoms with Crippen LogP contribution in [0.1, 0.15) is 25.0 Å². The molecule has 0 fully saturated rings. The third-order valence-corrected chi connectivity index (χ3v) is 2.21. The average Bonchev–Trinajstić information content (AvgIpc) is 2.15. The zero-order chi connectivity index (χ0) is 12.1. The molecular weight excluding hydrogens is 202 g/mol. The largest absolute Gasteiger partial charge is 0.483 e. The molecule has 0 spiro atoms. The molecule has 1 aromatic carbocycles. The number of benzene rings is 1. The highest BCUT2D eigenvalue weighted by Crippen LogP contribution is 2.21. The van der Waals surface area contributed by atoms with Crippen LogP contribution in [0.2, 0.25) is 0 Å². The highest BCUT2D eigenvalue weighted by Gasteiger charge is 2.07. The van der Waals surface area contributed by atoms with Gasteiger partial charge in [0.15, 0.2) is 6.61 Å². The molecular formula is C13H19NO2. The summed E-state index contributed by atoms with van der Waals surface area (Å²) in [6, 6.07) is 6.07. The van der Waals surface area contributed by atoms with Crippen LogP contribution in [0.5, 0.6) is 5.75 Å². The standard InChI is InChI=1S/C13H19NO2/c1-9(2)14-12(15)8-16-13-10(3)6-5-7-11(13)4/h5-7,9H,8H2,1-4H3,(H,14,15). The van der Waals surface area contributed by atoms with Gasteiger partial charge >= 0.3 is 0 Å². The lowest BCUT2D eigenvalue weighted by Crippen LogP contribution is -2.34. The lowest BCUT2D eigenvalue weighted by atomic mass is 10.1. The first kappa shape index (κ1) is 12.6. The van der Waals surface area contributed by atoms with Gasteiger partial charge in [0.1, 0.15) is 5.75 Å². The van der Waals surface area contributed by atoms with Gasteiger partial charge in [-0.05, 0) is 38.8 Å². The Bertz CT molecular complexity index is 352. The van der Waals surface area contributed by atoms with Crippen LogP contribution in [0, 0.1) is 13.8 Å². The highest BCUT2D eigenvalue weighted by molar-refractivity contribution is 5.77. The molecule has 0 radical (unpaired) electrons. The van der Waals surface area contributed by atoms with Gasteiger partial charge in [0, 0.05) is 6.04 Å². The number of hydrogen-bond acceptors (Lipinski definition) is 2. The van der Waals surface area contributed by atoms with E-state index in [1.165, 1.54) is 0 Å². The fourth-order valence-corrected chi connectivity index (χ4v) is 1.53. The number of aryl methyl sites for hydroxylation is 2.